The highest BCUT2D eigenvalue weighted by molar-refractivity contribution is 6.03. The Labute approximate surface area is 194 Å². The van der Waals surface area contributed by atoms with Crippen molar-refractivity contribution in [2.75, 3.05) is 13.7 Å². The summed E-state index contributed by atoms with van der Waals surface area (Å²) in [4.78, 5) is 32.4. The number of hydrazone groups is 1. The molecule has 34 heavy (non-hydrogen) atoms. The van der Waals surface area contributed by atoms with Crippen molar-refractivity contribution in [1.29, 1.82) is 0 Å². The summed E-state index contributed by atoms with van der Waals surface area (Å²) in [5.41, 5.74) is 3.35. The van der Waals surface area contributed by atoms with E-state index in [0.29, 0.717) is 11.4 Å². The molecule has 9 heteroatoms. The largest absolute Gasteiger partial charge is 0.505 e. The first kappa shape index (κ1) is 22.5. The predicted molar refractivity (Wildman–Crippen MR) is 129 cm³/mol. The number of pyridine rings is 2. The van der Waals surface area contributed by atoms with E-state index in [-0.39, 0.29) is 29.0 Å². The number of H-pyrrole nitrogens is 1. The molecule has 0 aliphatic carbocycles. The molecule has 0 aliphatic rings. The summed E-state index contributed by atoms with van der Waals surface area (Å²) in [7, 11) is 1.57. The predicted octanol–water partition coefficient (Wildman–Crippen LogP) is 3.47. The molecule has 0 aliphatic heterocycles. The molecule has 2 aromatic heterocycles. The van der Waals surface area contributed by atoms with Crippen LogP contribution in [0.3, 0.4) is 0 Å². The van der Waals surface area contributed by atoms with Crippen molar-refractivity contribution in [2.45, 2.75) is 6.92 Å². The van der Waals surface area contributed by atoms with Gasteiger partial charge in [-0.1, -0.05) is 30.3 Å². The lowest BCUT2D eigenvalue weighted by Crippen LogP contribution is -2.23. The van der Waals surface area contributed by atoms with Crippen LogP contribution in [0.2, 0.25) is 0 Å². The highest BCUT2D eigenvalue weighted by Gasteiger charge is 2.21. The fourth-order valence-electron chi connectivity index (χ4n) is 3.37. The molecule has 3 N–H and O–H groups in total. The second-order valence-corrected chi connectivity index (χ2v) is 7.18. The van der Waals surface area contributed by atoms with E-state index in [9.17, 15) is 14.7 Å². The number of ether oxygens (including phenoxy) is 2. The van der Waals surface area contributed by atoms with Gasteiger partial charge in [-0.25, -0.2) is 10.4 Å². The third kappa shape index (κ3) is 4.58. The molecule has 4 rings (SSSR count). The van der Waals surface area contributed by atoms with Gasteiger partial charge in [-0.2, -0.15) is 5.10 Å². The van der Waals surface area contributed by atoms with Crippen LogP contribution >= 0.6 is 0 Å². The lowest BCUT2D eigenvalue weighted by molar-refractivity contribution is 0.0947. The topological polar surface area (TPSA) is 126 Å². The van der Waals surface area contributed by atoms with Crippen LogP contribution in [0, 0.1) is 0 Å². The number of aromatic hydroxyl groups is 1. The molecule has 0 saturated heterocycles. The van der Waals surface area contributed by atoms with E-state index in [1.54, 1.807) is 44.4 Å². The van der Waals surface area contributed by atoms with Crippen molar-refractivity contribution in [3.8, 4) is 28.6 Å². The number of aromatic nitrogens is 2. The number of carbonyl (C=O) groups excluding carboxylic acids is 1. The molecule has 0 bridgehead atoms. The number of amides is 1. The van der Waals surface area contributed by atoms with Crippen molar-refractivity contribution >= 4 is 22.9 Å². The number of hydrogen-bond donors (Lipinski definition) is 3. The zero-order valence-corrected chi connectivity index (χ0v) is 18.5. The van der Waals surface area contributed by atoms with Crippen LogP contribution in [-0.4, -0.2) is 40.9 Å². The second-order valence-electron chi connectivity index (χ2n) is 7.18. The third-order valence-electron chi connectivity index (χ3n) is 5.02. The Hall–Kier alpha value is -4.66. The minimum absolute atomic E-state index is 0.0531. The van der Waals surface area contributed by atoms with E-state index in [1.807, 2.05) is 30.3 Å². The van der Waals surface area contributed by atoms with Crippen molar-refractivity contribution in [2.24, 2.45) is 5.10 Å². The summed E-state index contributed by atoms with van der Waals surface area (Å²) in [6.45, 7) is 2.03. The zero-order chi connectivity index (χ0) is 24.1. The van der Waals surface area contributed by atoms with Crippen LogP contribution in [0.4, 0.5) is 0 Å². The summed E-state index contributed by atoms with van der Waals surface area (Å²) < 4.78 is 10.7. The summed E-state index contributed by atoms with van der Waals surface area (Å²) >= 11 is 0. The Bertz CT molecular complexity index is 1410. The number of rotatable bonds is 7. The number of fused-ring (bicyclic) bond motifs is 1. The summed E-state index contributed by atoms with van der Waals surface area (Å²) in [5, 5.41) is 15.0. The van der Waals surface area contributed by atoms with Gasteiger partial charge >= 0.3 is 0 Å². The fourth-order valence-corrected chi connectivity index (χ4v) is 3.37. The van der Waals surface area contributed by atoms with Gasteiger partial charge in [-0.15, -0.1) is 0 Å². The molecule has 0 radical (unpaired) electrons. The Morgan fingerprint density at radius 1 is 1.18 bits per heavy atom. The standard InChI is InChI=1S/C25H22N4O5/c1-3-34-25-20-18(13-19(27-25)16-7-5-4-6-8-16)22(30)21(28-23(20)31)24(32)29-26-14-15-9-11-17(33-2)12-10-15/h4-14,30H,3H2,1-2H3,(H,28,31)(H,29,32)/b26-14+. The lowest BCUT2D eigenvalue weighted by Gasteiger charge is -2.12. The summed E-state index contributed by atoms with van der Waals surface area (Å²) in [5.74, 6) is -0.430. The summed E-state index contributed by atoms with van der Waals surface area (Å²) in [6.07, 6.45) is 1.43. The molecule has 2 heterocycles. The van der Waals surface area contributed by atoms with Gasteiger partial charge in [-0.05, 0) is 42.8 Å². The number of nitrogens with zero attached hydrogens (tertiary/aromatic N) is 2. The molecule has 0 atom stereocenters. The van der Waals surface area contributed by atoms with Gasteiger partial charge < -0.3 is 19.6 Å². The van der Waals surface area contributed by atoms with Gasteiger partial charge in [0.1, 0.15) is 11.1 Å². The van der Waals surface area contributed by atoms with E-state index >= 15 is 0 Å². The second kappa shape index (κ2) is 9.86. The minimum atomic E-state index is -0.780. The molecule has 0 spiro atoms. The van der Waals surface area contributed by atoms with E-state index in [1.165, 1.54) is 6.21 Å². The zero-order valence-electron chi connectivity index (χ0n) is 18.5. The van der Waals surface area contributed by atoms with Crippen LogP contribution in [0.25, 0.3) is 22.0 Å². The molecule has 0 fully saturated rings. The number of nitrogens with one attached hydrogen (secondary N) is 2. The van der Waals surface area contributed by atoms with Gasteiger partial charge in [0.2, 0.25) is 5.88 Å². The molecular formula is C25H22N4O5. The van der Waals surface area contributed by atoms with E-state index in [2.05, 4.69) is 20.5 Å². The lowest BCUT2D eigenvalue weighted by atomic mass is 10.1. The van der Waals surface area contributed by atoms with Crippen LogP contribution < -0.4 is 20.5 Å². The summed E-state index contributed by atoms with van der Waals surface area (Å²) in [6, 6.07) is 17.8. The molecule has 9 nitrogen and oxygen atoms in total. The number of carbonyl (C=O) groups is 1. The molecular weight excluding hydrogens is 436 g/mol. The molecule has 172 valence electrons. The van der Waals surface area contributed by atoms with Crippen LogP contribution in [0.1, 0.15) is 23.0 Å². The third-order valence-corrected chi connectivity index (χ3v) is 5.02. The van der Waals surface area contributed by atoms with Gasteiger partial charge in [0, 0.05) is 10.9 Å². The molecule has 0 unspecified atom stereocenters. The Morgan fingerprint density at radius 3 is 2.59 bits per heavy atom. The molecule has 1 amide bonds. The SMILES string of the molecule is CCOc1nc(-c2ccccc2)cc2c(O)c(C(=O)N/N=C/c3ccc(OC)cc3)[nH]c(=O)c12. The highest BCUT2D eigenvalue weighted by atomic mass is 16.5. The van der Waals surface area contributed by atoms with Gasteiger partial charge in [0.15, 0.2) is 11.4 Å². The average molecular weight is 458 g/mol. The molecule has 4 aromatic rings. The van der Waals surface area contributed by atoms with Gasteiger partial charge in [-0.3, -0.25) is 9.59 Å². The van der Waals surface area contributed by atoms with E-state index in [4.69, 9.17) is 9.47 Å². The smallest absolute Gasteiger partial charge is 0.291 e. The van der Waals surface area contributed by atoms with E-state index < -0.39 is 17.2 Å². The fraction of sp³-hybridized carbons (Fsp3) is 0.120. The van der Waals surface area contributed by atoms with Crippen LogP contribution in [-0.2, 0) is 0 Å². The number of methoxy groups -OCH3 is 1. The van der Waals surface area contributed by atoms with Crippen molar-refractivity contribution < 1.29 is 19.4 Å². The first-order chi connectivity index (χ1) is 16.5. The van der Waals surface area contributed by atoms with Crippen molar-refractivity contribution in [1.82, 2.24) is 15.4 Å². The van der Waals surface area contributed by atoms with Crippen LogP contribution in [0.15, 0.2) is 70.6 Å². The quantitative estimate of drug-likeness (QED) is 0.288. The highest BCUT2D eigenvalue weighted by Crippen LogP contribution is 2.33. The van der Waals surface area contributed by atoms with Crippen molar-refractivity contribution in [3.05, 3.63) is 82.3 Å². The Morgan fingerprint density at radius 2 is 1.91 bits per heavy atom. The number of benzene rings is 2. The van der Waals surface area contributed by atoms with Crippen molar-refractivity contribution in [3.63, 3.8) is 0 Å². The Kier molecular flexibility index (Phi) is 6.54. The van der Waals surface area contributed by atoms with Crippen LogP contribution in [0.5, 0.6) is 17.4 Å². The number of aromatic amines is 1. The first-order valence-corrected chi connectivity index (χ1v) is 10.5. The average Bonchev–Trinajstić information content (AvgIpc) is 2.87. The van der Waals surface area contributed by atoms with E-state index in [0.717, 1.165) is 11.1 Å². The van der Waals surface area contributed by atoms with Gasteiger partial charge in [0.25, 0.3) is 11.5 Å². The maximum absolute atomic E-state index is 12.8. The van der Waals surface area contributed by atoms with Gasteiger partial charge in [0.05, 0.1) is 25.6 Å². The first-order valence-electron chi connectivity index (χ1n) is 10.5. The molecule has 0 saturated carbocycles. The maximum atomic E-state index is 12.8. The normalized spacial score (nSPS) is 11.0. The monoisotopic (exact) mass is 458 g/mol. The number of hydrogen-bond acceptors (Lipinski definition) is 7. The molecule has 2 aromatic carbocycles. The Balaban J connectivity index is 1.71. The minimum Gasteiger partial charge on any atom is -0.505 e. The maximum Gasteiger partial charge on any atom is 0.291 e.